The van der Waals surface area contributed by atoms with Gasteiger partial charge < -0.3 is 11.1 Å². The molecule has 3 N–H and O–H groups in total. The number of nitrogens with zero attached hydrogens (tertiary/aromatic N) is 2. The number of aromatic nitrogens is 1. The molecule has 0 spiro atoms. The second kappa shape index (κ2) is 6.02. The van der Waals surface area contributed by atoms with E-state index in [4.69, 9.17) is 5.73 Å². The predicted molar refractivity (Wildman–Crippen MR) is 62.3 cm³/mol. The Morgan fingerprint density at radius 2 is 2.38 bits per heavy atom. The predicted octanol–water partition coefficient (Wildman–Crippen LogP) is 1.53. The van der Waals surface area contributed by atoms with E-state index < -0.39 is 4.92 Å². The lowest BCUT2D eigenvalue weighted by atomic mass is 10.1. The van der Waals surface area contributed by atoms with Gasteiger partial charge in [0.25, 0.3) is 5.69 Å². The smallest absolute Gasteiger partial charge is 0.287 e. The lowest BCUT2D eigenvalue weighted by molar-refractivity contribution is -0.385. The highest BCUT2D eigenvalue weighted by Crippen LogP contribution is 2.13. The van der Waals surface area contributed by atoms with Crippen molar-refractivity contribution in [2.24, 2.45) is 5.73 Å². The molecule has 1 aromatic rings. The Bertz CT molecular complexity index is 339. The van der Waals surface area contributed by atoms with Crippen molar-refractivity contribution in [1.29, 1.82) is 0 Å². The molecule has 1 unspecified atom stereocenters. The largest absolute Gasteiger partial charge is 0.366 e. The van der Waals surface area contributed by atoms with Crippen molar-refractivity contribution >= 4 is 11.5 Å². The molecule has 0 aliphatic carbocycles. The zero-order valence-electron chi connectivity index (χ0n) is 9.22. The maximum absolute atomic E-state index is 10.4. The summed E-state index contributed by atoms with van der Waals surface area (Å²) in [7, 11) is 0. The van der Waals surface area contributed by atoms with Crippen LogP contribution in [0.5, 0.6) is 0 Å². The summed E-state index contributed by atoms with van der Waals surface area (Å²) in [6.45, 7) is 2.60. The molecular formula is C10H16N4O2. The lowest BCUT2D eigenvalue weighted by Gasteiger charge is -2.15. The van der Waals surface area contributed by atoms with Crippen molar-refractivity contribution in [3.05, 3.63) is 28.4 Å². The first kappa shape index (κ1) is 12.4. The fourth-order valence-electron chi connectivity index (χ4n) is 1.39. The van der Waals surface area contributed by atoms with E-state index in [1.807, 2.05) is 0 Å². The quantitative estimate of drug-likeness (QED) is 0.564. The summed E-state index contributed by atoms with van der Waals surface area (Å²) in [5.41, 5.74) is 5.58. The number of nitrogens with one attached hydrogen (secondary N) is 1. The van der Waals surface area contributed by atoms with Gasteiger partial charge in [-0.15, -0.1) is 0 Å². The van der Waals surface area contributed by atoms with E-state index in [-0.39, 0.29) is 11.7 Å². The number of hydrogen-bond acceptors (Lipinski definition) is 5. The maximum Gasteiger partial charge on any atom is 0.287 e. The van der Waals surface area contributed by atoms with Crippen molar-refractivity contribution < 1.29 is 4.92 Å². The molecular weight excluding hydrogens is 208 g/mol. The van der Waals surface area contributed by atoms with Gasteiger partial charge in [-0.05, 0) is 12.5 Å². The molecule has 0 fully saturated rings. The lowest BCUT2D eigenvalue weighted by Crippen LogP contribution is -2.28. The fraction of sp³-hybridized carbons (Fsp3) is 0.500. The van der Waals surface area contributed by atoms with Crippen LogP contribution in [0.3, 0.4) is 0 Å². The van der Waals surface area contributed by atoms with E-state index in [0.29, 0.717) is 12.4 Å². The van der Waals surface area contributed by atoms with Crippen molar-refractivity contribution in [2.45, 2.75) is 25.8 Å². The normalized spacial score (nSPS) is 12.1. The molecule has 16 heavy (non-hydrogen) atoms. The van der Waals surface area contributed by atoms with E-state index in [1.165, 1.54) is 12.3 Å². The van der Waals surface area contributed by atoms with Crippen LogP contribution < -0.4 is 11.1 Å². The van der Waals surface area contributed by atoms with Crippen LogP contribution in [0.1, 0.15) is 19.8 Å². The van der Waals surface area contributed by atoms with Crippen LogP contribution >= 0.6 is 0 Å². The summed E-state index contributed by atoms with van der Waals surface area (Å²) in [4.78, 5) is 13.9. The Balaban J connectivity index is 2.63. The number of pyridine rings is 1. The van der Waals surface area contributed by atoms with Crippen LogP contribution in [-0.4, -0.2) is 22.5 Å². The van der Waals surface area contributed by atoms with E-state index in [0.717, 1.165) is 12.8 Å². The first-order valence-electron chi connectivity index (χ1n) is 5.24. The molecule has 1 heterocycles. The third kappa shape index (κ3) is 3.47. The molecule has 0 saturated carbocycles. The summed E-state index contributed by atoms with van der Waals surface area (Å²) >= 11 is 0. The third-order valence-corrected chi connectivity index (χ3v) is 2.23. The van der Waals surface area contributed by atoms with Crippen LogP contribution in [-0.2, 0) is 0 Å². The molecule has 1 aromatic heterocycles. The van der Waals surface area contributed by atoms with E-state index in [9.17, 15) is 10.1 Å². The summed E-state index contributed by atoms with van der Waals surface area (Å²) in [6, 6.07) is 3.18. The highest BCUT2D eigenvalue weighted by atomic mass is 16.6. The summed E-state index contributed by atoms with van der Waals surface area (Å²) in [5.74, 6) is 0.620. The molecule has 0 aliphatic rings. The molecule has 0 radical (unpaired) electrons. The average Bonchev–Trinajstić information content (AvgIpc) is 2.29. The molecule has 1 rings (SSSR count). The summed E-state index contributed by atoms with van der Waals surface area (Å²) in [6.07, 6.45) is 3.22. The minimum atomic E-state index is -0.469. The zero-order valence-corrected chi connectivity index (χ0v) is 9.22. The Morgan fingerprint density at radius 3 is 2.81 bits per heavy atom. The number of anilines is 1. The van der Waals surface area contributed by atoms with Gasteiger partial charge in [-0.25, -0.2) is 4.98 Å². The number of rotatable bonds is 6. The van der Waals surface area contributed by atoms with E-state index >= 15 is 0 Å². The number of nitrogens with two attached hydrogens (primary N) is 1. The second-order valence-electron chi connectivity index (χ2n) is 3.52. The highest BCUT2D eigenvalue weighted by molar-refractivity contribution is 5.40. The molecule has 0 saturated heterocycles. The first-order chi connectivity index (χ1) is 7.67. The van der Waals surface area contributed by atoms with Gasteiger partial charge in [-0.2, -0.15) is 0 Å². The monoisotopic (exact) mass is 224 g/mol. The summed E-state index contributed by atoms with van der Waals surface area (Å²) < 4.78 is 0. The van der Waals surface area contributed by atoms with Crippen LogP contribution in [0.4, 0.5) is 11.5 Å². The molecule has 0 bridgehead atoms. The molecule has 0 aromatic carbocycles. The van der Waals surface area contributed by atoms with Crippen molar-refractivity contribution in [3.8, 4) is 0 Å². The Morgan fingerprint density at radius 1 is 1.62 bits per heavy atom. The zero-order chi connectivity index (χ0) is 12.0. The fourth-order valence-corrected chi connectivity index (χ4v) is 1.39. The molecule has 6 heteroatoms. The maximum atomic E-state index is 10.4. The van der Waals surface area contributed by atoms with Gasteiger partial charge in [0, 0.05) is 18.7 Å². The molecule has 6 nitrogen and oxygen atoms in total. The van der Waals surface area contributed by atoms with Crippen LogP contribution in [0, 0.1) is 10.1 Å². The van der Waals surface area contributed by atoms with Gasteiger partial charge in [0.1, 0.15) is 12.0 Å². The van der Waals surface area contributed by atoms with Gasteiger partial charge in [0.2, 0.25) is 0 Å². The molecule has 88 valence electrons. The average molecular weight is 224 g/mol. The van der Waals surface area contributed by atoms with Gasteiger partial charge in [-0.1, -0.05) is 13.3 Å². The Kier molecular flexibility index (Phi) is 4.65. The minimum absolute atomic E-state index is 0.00894. The molecule has 0 amide bonds. The van der Waals surface area contributed by atoms with Crippen molar-refractivity contribution in [1.82, 2.24) is 4.98 Å². The summed E-state index contributed by atoms with van der Waals surface area (Å²) in [5, 5.41) is 13.6. The Labute approximate surface area is 94.0 Å². The van der Waals surface area contributed by atoms with E-state index in [1.54, 1.807) is 6.07 Å². The minimum Gasteiger partial charge on any atom is -0.366 e. The van der Waals surface area contributed by atoms with Crippen LogP contribution in [0.15, 0.2) is 18.3 Å². The first-order valence-corrected chi connectivity index (χ1v) is 5.24. The van der Waals surface area contributed by atoms with Gasteiger partial charge >= 0.3 is 0 Å². The SMILES string of the molecule is CCCC(CN)Nc1ccc([N+](=O)[O-])cn1. The standard InChI is InChI=1S/C10H16N4O2/c1-2-3-8(6-11)13-10-5-4-9(7-12-10)14(15)16/h4-5,7-8H,2-3,6,11H2,1H3,(H,12,13). The van der Waals surface area contributed by atoms with Crippen molar-refractivity contribution in [2.75, 3.05) is 11.9 Å². The topological polar surface area (TPSA) is 94.1 Å². The van der Waals surface area contributed by atoms with Crippen LogP contribution in [0.25, 0.3) is 0 Å². The highest BCUT2D eigenvalue weighted by Gasteiger charge is 2.08. The molecule has 1 atom stereocenters. The van der Waals surface area contributed by atoms with Gasteiger partial charge in [0.05, 0.1) is 4.92 Å². The second-order valence-corrected chi connectivity index (χ2v) is 3.52. The number of hydrogen-bond donors (Lipinski definition) is 2. The van der Waals surface area contributed by atoms with Gasteiger partial charge in [0.15, 0.2) is 0 Å². The van der Waals surface area contributed by atoms with E-state index in [2.05, 4.69) is 17.2 Å². The third-order valence-electron chi connectivity index (χ3n) is 2.23. The Hall–Kier alpha value is -1.69. The van der Waals surface area contributed by atoms with Crippen LogP contribution in [0.2, 0.25) is 0 Å². The van der Waals surface area contributed by atoms with Crippen molar-refractivity contribution in [3.63, 3.8) is 0 Å². The number of nitro groups is 1. The van der Waals surface area contributed by atoms with Gasteiger partial charge in [-0.3, -0.25) is 10.1 Å². The molecule has 0 aliphatic heterocycles.